The van der Waals surface area contributed by atoms with Crippen LogP contribution in [0.1, 0.15) is 53.8 Å². The minimum Gasteiger partial charge on any atom is -0.462 e. The van der Waals surface area contributed by atoms with Crippen molar-refractivity contribution in [1.29, 1.82) is 0 Å². The SMILES string of the molecule is CCCOC(=O)c1ccc(NC(=O)CCC(=O)OCC(=O)Nc2ccc(C(C)=O)cc2)cc1. The number of Topliss-reactive ketones (excluding diaryl/α,β-unsaturated/α-hetero) is 1. The predicted octanol–water partition coefficient (Wildman–Crippen LogP) is 3.36. The maximum Gasteiger partial charge on any atom is 0.338 e. The average Bonchev–Trinajstić information content (AvgIpc) is 2.80. The summed E-state index contributed by atoms with van der Waals surface area (Å²) in [6.07, 6.45) is 0.393. The van der Waals surface area contributed by atoms with Crippen molar-refractivity contribution in [2.45, 2.75) is 33.1 Å². The van der Waals surface area contributed by atoms with Crippen LogP contribution in [-0.2, 0) is 23.9 Å². The van der Waals surface area contributed by atoms with E-state index in [4.69, 9.17) is 9.47 Å². The highest BCUT2D eigenvalue weighted by atomic mass is 16.5. The van der Waals surface area contributed by atoms with Gasteiger partial charge in [0.25, 0.3) is 5.91 Å². The van der Waals surface area contributed by atoms with Crippen molar-refractivity contribution in [3.05, 3.63) is 59.7 Å². The lowest BCUT2D eigenvalue weighted by Crippen LogP contribution is -2.21. The van der Waals surface area contributed by atoms with E-state index < -0.39 is 30.4 Å². The van der Waals surface area contributed by atoms with Crippen molar-refractivity contribution >= 4 is 40.9 Å². The van der Waals surface area contributed by atoms with Crippen LogP contribution in [-0.4, -0.2) is 42.7 Å². The van der Waals surface area contributed by atoms with Crippen molar-refractivity contribution in [2.24, 2.45) is 0 Å². The number of ether oxygens (including phenoxy) is 2. The van der Waals surface area contributed by atoms with Crippen LogP contribution in [0.25, 0.3) is 0 Å². The molecule has 0 bridgehead atoms. The van der Waals surface area contributed by atoms with Gasteiger partial charge in [-0.25, -0.2) is 4.79 Å². The standard InChI is InChI=1S/C24H26N2O7/c1-3-14-32-24(31)18-6-10-19(11-7-18)25-21(28)12-13-23(30)33-15-22(29)26-20-8-4-17(5-9-20)16(2)27/h4-11H,3,12-15H2,1-2H3,(H,25,28)(H,26,29). The number of carbonyl (C=O) groups is 5. The molecule has 0 aromatic heterocycles. The maximum atomic E-state index is 12.0. The molecule has 174 valence electrons. The smallest absolute Gasteiger partial charge is 0.338 e. The molecule has 0 aliphatic rings. The first-order chi connectivity index (χ1) is 15.8. The summed E-state index contributed by atoms with van der Waals surface area (Å²) in [4.78, 5) is 58.7. The van der Waals surface area contributed by atoms with Crippen molar-refractivity contribution in [3.63, 3.8) is 0 Å². The fourth-order valence-electron chi connectivity index (χ4n) is 2.61. The molecule has 0 unspecified atom stereocenters. The van der Waals surface area contributed by atoms with Gasteiger partial charge in [-0.15, -0.1) is 0 Å². The third kappa shape index (κ3) is 8.94. The largest absolute Gasteiger partial charge is 0.462 e. The Morgan fingerprint density at radius 2 is 1.27 bits per heavy atom. The fourth-order valence-corrected chi connectivity index (χ4v) is 2.61. The molecule has 0 saturated carbocycles. The number of hydrogen-bond donors (Lipinski definition) is 2. The third-order valence-electron chi connectivity index (χ3n) is 4.34. The Hall–Kier alpha value is -4.01. The Labute approximate surface area is 191 Å². The number of nitrogens with one attached hydrogen (secondary N) is 2. The lowest BCUT2D eigenvalue weighted by atomic mass is 10.1. The summed E-state index contributed by atoms with van der Waals surface area (Å²) in [7, 11) is 0. The number of amides is 2. The summed E-state index contributed by atoms with van der Waals surface area (Å²) in [6, 6.07) is 12.5. The second-order valence-electron chi connectivity index (χ2n) is 7.10. The average molecular weight is 454 g/mol. The van der Waals surface area contributed by atoms with E-state index in [2.05, 4.69) is 10.6 Å². The molecular weight excluding hydrogens is 428 g/mol. The summed E-state index contributed by atoms with van der Waals surface area (Å²) in [5.41, 5.74) is 1.82. The first-order valence-electron chi connectivity index (χ1n) is 10.4. The van der Waals surface area contributed by atoms with E-state index in [9.17, 15) is 24.0 Å². The molecule has 2 N–H and O–H groups in total. The van der Waals surface area contributed by atoms with Gasteiger partial charge in [0.15, 0.2) is 12.4 Å². The molecule has 0 heterocycles. The molecule has 0 aliphatic carbocycles. The summed E-state index contributed by atoms with van der Waals surface area (Å²) in [5, 5.41) is 5.16. The molecule has 0 fully saturated rings. The Bertz CT molecular complexity index is 998. The first-order valence-corrected chi connectivity index (χ1v) is 10.4. The van der Waals surface area contributed by atoms with E-state index in [0.717, 1.165) is 6.42 Å². The highest BCUT2D eigenvalue weighted by molar-refractivity contribution is 5.97. The fraction of sp³-hybridized carbons (Fsp3) is 0.292. The van der Waals surface area contributed by atoms with Crippen molar-refractivity contribution < 1.29 is 33.4 Å². The number of carbonyl (C=O) groups excluding carboxylic acids is 5. The second-order valence-corrected chi connectivity index (χ2v) is 7.10. The maximum absolute atomic E-state index is 12.0. The van der Waals surface area contributed by atoms with Crippen LogP contribution in [0.5, 0.6) is 0 Å². The van der Waals surface area contributed by atoms with Crippen LogP contribution in [0.2, 0.25) is 0 Å². The monoisotopic (exact) mass is 454 g/mol. The van der Waals surface area contributed by atoms with Crippen molar-refractivity contribution in [1.82, 2.24) is 0 Å². The molecule has 9 nitrogen and oxygen atoms in total. The van der Waals surface area contributed by atoms with E-state index in [1.165, 1.54) is 19.1 Å². The minimum atomic E-state index is -0.693. The zero-order valence-electron chi connectivity index (χ0n) is 18.5. The van der Waals surface area contributed by atoms with E-state index in [1.54, 1.807) is 36.4 Å². The van der Waals surface area contributed by atoms with E-state index >= 15 is 0 Å². The predicted molar refractivity (Wildman–Crippen MR) is 121 cm³/mol. The highest BCUT2D eigenvalue weighted by Gasteiger charge is 2.12. The van der Waals surface area contributed by atoms with Crippen LogP contribution in [0.4, 0.5) is 11.4 Å². The van der Waals surface area contributed by atoms with Gasteiger partial charge >= 0.3 is 11.9 Å². The van der Waals surface area contributed by atoms with Crippen LogP contribution in [0.3, 0.4) is 0 Å². The normalized spacial score (nSPS) is 10.1. The van der Waals surface area contributed by atoms with Gasteiger partial charge in [-0.1, -0.05) is 6.92 Å². The minimum absolute atomic E-state index is 0.0880. The van der Waals surface area contributed by atoms with Gasteiger partial charge in [0.1, 0.15) is 0 Å². The summed E-state index contributed by atoms with van der Waals surface area (Å²) < 4.78 is 9.91. The molecule has 9 heteroatoms. The number of benzene rings is 2. The van der Waals surface area contributed by atoms with Gasteiger partial charge < -0.3 is 20.1 Å². The Kier molecular flexibility index (Phi) is 9.76. The molecule has 2 amide bonds. The van der Waals surface area contributed by atoms with Gasteiger partial charge in [-0.05, 0) is 61.9 Å². The topological polar surface area (TPSA) is 128 Å². The number of esters is 2. The zero-order valence-corrected chi connectivity index (χ0v) is 18.5. The highest BCUT2D eigenvalue weighted by Crippen LogP contribution is 2.12. The van der Waals surface area contributed by atoms with Gasteiger partial charge in [-0.3, -0.25) is 19.2 Å². The zero-order chi connectivity index (χ0) is 24.2. The molecule has 2 rings (SSSR count). The number of hydrogen-bond acceptors (Lipinski definition) is 7. The quantitative estimate of drug-likeness (QED) is 0.394. The van der Waals surface area contributed by atoms with Crippen LogP contribution >= 0.6 is 0 Å². The van der Waals surface area contributed by atoms with Crippen molar-refractivity contribution in [2.75, 3.05) is 23.8 Å². The van der Waals surface area contributed by atoms with Crippen molar-refractivity contribution in [3.8, 4) is 0 Å². The van der Waals surface area contributed by atoms with Crippen LogP contribution in [0, 0.1) is 0 Å². The molecule has 0 aliphatic heterocycles. The lowest BCUT2D eigenvalue weighted by molar-refractivity contribution is -0.147. The Morgan fingerprint density at radius 1 is 0.727 bits per heavy atom. The molecule has 2 aromatic carbocycles. The molecule has 0 atom stereocenters. The Morgan fingerprint density at radius 3 is 1.82 bits per heavy atom. The number of rotatable bonds is 11. The van der Waals surface area contributed by atoms with Gasteiger partial charge in [-0.2, -0.15) is 0 Å². The molecular formula is C24H26N2O7. The third-order valence-corrected chi connectivity index (χ3v) is 4.34. The van der Waals surface area contributed by atoms with E-state index in [0.29, 0.717) is 29.1 Å². The second kappa shape index (κ2) is 12.7. The molecule has 33 heavy (non-hydrogen) atoms. The molecule has 0 saturated heterocycles. The van der Waals surface area contributed by atoms with Gasteiger partial charge in [0, 0.05) is 23.4 Å². The molecule has 0 radical (unpaired) electrons. The van der Waals surface area contributed by atoms with Gasteiger partial charge in [0.2, 0.25) is 5.91 Å². The lowest BCUT2D eigenvalue weighted by Gasteiger charge is -2.08. The van der Waals surface area contributed by atoms with Crippen LogP contribution < -0.4 is 10.6 Å². The summed E-state index contributed by atoms with van der Waals surface area (Å²) >= 11 is 0. The number of ketones is 1. The van der Waals surface area contributed by atoms with E-state index in [-0.39, 0.29) is 18.6 Å². The molecule has 2 aromatic rings. The van der Waals surface area contributed by atoms with Crippen LogP contribution in [0.15, 0.2) is 48.5 Å². The molecule has 0 spiro atoms. The Balaban J connectivity index is 1.69. The summed E-state index contributed by atoms with van der Waals surface area (Å²) in [6.45, 7) is 3.18. The first kappa shape index (κ1) is 25.3. The number of anilines is 2. The van der Waals surface area contributed by atoms with E-state index in [1.807, 2.05) is 6.92 Å². The summed E-state index contributed by atoms with van der Waals surface area (Å²) in [5.74, 6) is -2.17. The van der Waals surface area contributed by atoms with Gasteiger partial charge in [0.05, 0.1) is 18.6 Å².